The van der Waals surface area contributed by atoms with Crippen LogP contribution in [0.1, 0.15) is 19.3 Å². The van der Waals surface area contributed by atoms with E-state index in [9.17, 15) is 9.59 Å². The summed E-state index contributed by atoms with van der Waals surface area (Å²) in [4.78, 5) is 20.7. The molecule has 14 heavy (non-hydrogen) atoms. The maximum atomic E-state index is 10.7. The number of nitrogens with zero attached hydrogens (tertiary/aromatic N) is 1. The second-order valence-electron chi connectivity index (χ2n) is 2.48. The Morgan fingerprint density at radius 1 is 1.36 bits per heavy atom. The molecule has 0 aromatic carbocycles. The molecule has 3 N–H and O–H groups in total. The zero-order valence-electron chi connectivity index (χ0n) is 7.36. The standard InChI is InChI=1S/C8H10N2O4/c9-5-10-7(12)4-6(11)2-1-3-8(13)14/h4,11H,1-3H2,(H,10,12)(H,13,14)/b6-4-. The Labute approximate surface area is 80.5 Å². The minimum atomic E-state index is -0.959. The minimum absolute atomic E-state index is 0.0717. The van der Waals surface area contributed by atoms with Crippen molar-refractivity contribution < 1.29 is 19.8 Å². The van der Waals surface area contributed by atoms with Crippen LogP contribution in [0.15, 0.2) is 11.8 Å². The zero-order valence-corrected chi connectivity index (χ0v) is 7.36. The topological polar surface area (TPSA) is 110 Å². The molecule has 0 saturated carbocycles. The Morgan fingerprint density at radius 2 is 2.00 bits per heavy atom. The summed E-state index contributed by atoms with van der Waals surface area (Å²) >= 11 is 0. The Balaban J connectivity index is 3.84. The molecule has 0 heterocycles. The summed E-state index contributed by atoms with van der Waals surface area (Å²) in [5.74, 6) is -1.92. The average Bonchev–Trinajstić information content (AvgIpc) is 2.03. The van der Waals surface area contributed by atoms with Crippen LogP contribution in [-0.4, -0.2) is 22.1 Å². The third-order valence-corrected chi connectivity index (χ3v) is 1.30. The molecule has 0 aliphatic heterocycles. The van der Waals surface area contributed by atoms with Crippen LogP contribution in [0, 0.1) is 11.5 Å². The zero-order chi connectivity index (χ0) is 11.0. The highest BCUT2D eigenvalue weighted by Crippen LogP contribution is 2.03. The van der Waals surface area contributed by atoms with Gasteiger partial charge in [-0.15, -0.1) is 0 Å². The first kappa shape index (κ1) is 12.0. The van der Waals surface area contributed by atoms with Crippen LogP contribution in [0.2, 0.25) is 0 Å². The van der Waals surface area contributed by atoms with Crippen molar-refractivity contribution >= 4 is 11.9 Å². The van der Waals surface area contributed by atoms with Gasteiger partial charge in [-0.1, -0.05) is 0 Å². The highest BCUT2D eigenvalue weighted by atomic mass is 16.4. The number of hydrogen-bond acceptors (Lipinski definition) is 4. The summed E-state index contributed by atoms with van der Waals surface area (Å²) in [5, 5.41) is 27.1. The van der Waals surface area contributed by atoms with E-state index in [-0.39, 0.29) is 25.0 Å². The molecule has 0 radical (unpaired) electrons. The van der Waals surface area contributed by atoms with Crippen molar-refractivity contribution in [2.75, 3.05) is 0 Å². The second-order valence-corrected chi connectivity index (χ2v) is 2.48. The average molecular weight is 198 g/mol. The van der Waals surface area contributed by atoms with Crippen LogP contribution < -0.4 is 5.32 Å². The molecule has 1 amide bonds. The first-order valence-electron chi connectivity index (χ1n) is 3.86. The fraction of sp³-hybridized carbons (Fsp3) is 0.375. The van der Waals surface area contributed by atoms with Gasteiger partial charge in [0.1, 0.15) is 0 Å². The summed E-state index contributed by atoms with van der Waals surface area (Å²) in [6.45, 7) is 0. The Kier molecular flexibility index (Phi) is 5.54. The lowest BCUT2D eigenvalue weighted by Crippen LogP contribution is -2.14. The van der Waals surface area contributed by atoms with Crippen molar-refractivity contribution in [3.05, 3.63) is 11.8 Å². The quantitative estimate of drug-likeness (QED) is 0.254. The van der Waals surface area contributed by atoms with Crippen molar-refractivity contribution in [1.82, 2.24) is 5.32 Å². The number of rotatable bonds is 5. The van der Waals surface area contributed by atoms with Gasteiger partial charge in [-0.25, -0.2) is 0 Å². The number of carboxylic acids is 1. The van der Waals surface area contributed by atoms with Gasteiger partial charge in [0, 0.05) is 18.9 Å². The lowest BCUT2D eigenvalue weighted by Gasteiger charge is -1.97. The molecule has 6 nitrogen and oxygen atoms in total. The van der Waals surface area contributed by atoms with Gasteiger partial charge in [-0.05, 0) is 6.42 Å². The molecule has 0 aromatic rings. The van der Waals surface area contributed by atoms with Crippen molar-refractivity contribution in [1.29, 1.82) is 5.26 Å². The number of carbonyl (C=O) groups excluding carboxylic acids is 1. The van der Waals surface area contributed by atoms with E-state index in [1.807, 2.05) is 0 Å². The molecule has 0 fully saturated rings. The molecule has 0 aromatic heterocycles. The molecule has 76 valence electrons. The van der Waals surface area contributed by atoms with Crippen LogP contribution in [0.25, 0.3) is 0 Å². The predicted octanol–water partition coefficient (Wildman–Crippen LogP) is 0.280. The van der Waals surface area contributed by atoms with E-state index in [0.717, 1.165) is 6.08 Å². The van der Waals surface area contributed by atoms with Crippen molar-refractivity contribution in [3.8, 4) is 6.19 Å². The van der Waals surface area contributed by atoms with E-state index >= 15 is 0 Å². The Morgan fingerprint density at radius 3 is 2.50 bits per heavy atom. The van der Waals surface area contributed by atoms with E-state index in [0.29, 0.717) is 0 Å². The third-order valence-electron chi connectivity index (χ3n) is 1.30. The number of carbonyl (C=O) groups is 2. The summed E-state index contributed by atoms with van der Waals surface area (Å²) in [5.41, 5.74) is 0. The van der Waals surface area contributed by atoms with Crippen LogP contribution in [-0.2, 0) is 9.59 Å². The molecule has 0 bridgehead atoms. The fourth-order valence-corrected chi connectivity index (χ4v) is 0.735. The number of allylic oxidation sites excluding steroid dienone is 1. The van der Waals surface area contributed by atoms with Crippen LogP contribution in [0.4, 0.5) is 0 Å². The molecule has 0 aliphatic rings. The normalized spacial score (nSPS) is 10.4. The first-order chi connectivity index (χ1) is 6.56. The number of aliphatic carboxylic acids is 1. The van der Waals surface area contributed by atoms with E-state index < -0.39 is 11.9 Å². The van der Waals surface area contributed by atoms with E-state index in [1.54, 1.807) is 5.32 Å². The van der Waals surface area contributed by atoms with Crippen LogP contribution in [0.3, 0.4) is 0 Å². The van der Waals surface area contributed by atoms with Crippen LogP contribution in [0.5, 0.6) is 0 Å². The molecule has 0 unspecified atom stereocenters. The molecular formula is C8H10N2O4. The summed E-state index contributed by atoms with van der Waals surface area (Å²) in [6, 6.07) is 0. The highest BCUT2D eigenvalue weighted by molar-refractivity contribution is 5.88. The Hall–Kier alpha value is -2.03. The van der Waals surface area contributed by atoms with Gasteiger partial charge in [-0.3, -0.25) is 14.9 Å². The number of carboxylic acid groups (broad SMARTS) is 1. The third kappa shape index (κ3) is 6.67. The van der Waals surface area contributed by atoms with Crippen LogP contribution >= 0.6 is 0 Å². The number of hydrogen-bond donors (Lipinski definition) is 3. The van der Waals surface area contributed by atoms with E-state index in [1.165, 1.54) is 6.19 Å². The number of aliphatic hydroxyl groups is 1. The highest BCUT2D eigenvalue weighted by Gasteiger charge is 2.01. The largest absolute Gasteiger partial charge is 0.512 e. The number of nitriles is 1. The maximum absolute atomic E-state index is 10.7. The summed E-state index contributed by atoms with van der Waals surface area (Å²) in [6.07, 6.45) is 2.53. The number of aliphatic hydroxyl groups excluding tert-OH is 1. The van der Waals surface area contributed by atoms with Gasteiger partial charge in [0.15, 0.2) is 6.19 Å². The molecule has 0 atom stereocenters. The van der Waals surface area contributed by atoms with Gasteiger partial charge in [-0.2, -0.15) is 5.26 Å². The van der Waals surface area contributed by atoms with Gasteiger partial charge in [0.05, 0.1) is 5.76 Å². The molecule has 6 heteroatoms. The van der Waals surface area contributed by atoms with Gasteiger partial charge in [0.2, 0.25) is 0 Å². The fourth-order valence-electron chi connectivity index (χ4n) is 0.735. The number of nitrogens with one attached hydrogen (secondary N) is 1. The summed E-state index contributed by atoms with van der Waals surface area (Å²) < 4.78 is 0. The van der Waals surface area contributed by atoms with E-state index in [2.05, 4.69) is 0 Å². The maximum Gasteiger partial charge on any atom is 0.303 e. The predicted molar refractivity (Wildman–Crippen MR) is 46.0 cm³/mol. The smallest absolute Gasteiger partial charge is 0.303 e. The monoisotopic (exact) mass is 198 g/mol. The van der Waals surface area contributed by atoms with E-state index in [4.69, 9.17) is 15.5 Å². The lowest BCUT2D eigenvalue weighted by atomic mass is 10.2. The van der Waals surface area contributed by atoms with Crippen molar-refractivity contribution in [3.63, 3.8) is 0 Å². The molecule has 0 aliphatic carbocycles. The molecule has 0 rings (SSSR count). The van der Waals surface area contributed by atoms with Gasteiger partial charge >= 0.3 is 5.97 Å². The SMILES string of the molecule is N#CNC(=O)/C=C(\O)CCCC(=O)O. The first-order valence-corrected chi connectivity index (χ1v) is 3.86. The summed E-state index contributed by atoms with van der Waals surface area (Å²) in [7, 11) is 0. The molecule has 0 saturated heterocycles. The van der Waals surface area contributed by atoms with Crippen molar-refractivity contribution in [2.24, 2.45) is 0 Å². The lowest BCUT2D eigenvalue weighted by molar-refractivity contribution is -0.137. The van der Waals surface area contributed by atoms with Gasteiger partial charge in [0.25, 0.3) is 5.91 Å². The minimum Gasteiger partial charge on any atom is -0.512 e. The second kappa shape index (κ2) is 6.48. The number of amides is 1. The van der Waals surface area contributed by atoms with Gasteiger partial charge < -0.3 is 10.2 Å². The molecule has 0 spiro atoms. The Bertz CT molecular complexity index is 290. The molecular weight excluding hydrogens is 188 g/mol. The van der Waals surface area contributed by atoms with Crippen molar-refractivity contribution in [2.45, 2.75) is 19.3 Å².